The van der Waals surface area contributed by atoms with Crippen molar-refractivity contribution in [2.24, 2.45) is 5.41 Å². The highest BCUT2D eigenvalue weighted by molar-refractivity contribution is 6.33. The number of fused-ring (bicyclic) bond motifs is 1. The SMILES string of the molecule is CCOC(=O)[C@H]1N[C@@](CC(=O)OC)(C(=O)OC)C2(C(=O)c3ccccc3C2=O)[C@@H]1c1cccc(F)c1. The zero-order valence-electron chi connectivity index (χ0n) is 19.8. The van der Waals surface area contributed by atoms with Crippen LogP contribution in [0.2, 0.25) is 0 Å². The molecule has 2 aromatic rings. The molecular formula is C26H24FNO8. The lowest BCUT2D eigenvalue weighted by Gasteiger charge is -2.40. The van der Waals surface area contributed by atoms with E-state index in [-0.39, 0.29) is 23.3 Å². The molecule has 188 valence electrons. The zero-order chi connectivity index (χ0) is 26.3. The van der Waals surface area contributed by atoms with Crippen LogP contribution in [0.3, 0.4) is 0 Å². The van der Waals surface area contributed by atoms with Crippen LogP contribution >= 0.6 is 0 Å². The number of nitrogens with one attached hydrogen (secondary N) is 1. The van der Waals surface area contributed by atoms with E-state index in [1.165, 1.54) is 24.3 Å². The van der Waals surface area contributed by atoms with Gasteiger partial charge in [-0.05, 0) is 24.6 Å². The maximum atomic E-state index is 14.4. The summed E-state index contributed by atoms with van der Waals surface area (Å²) in [6.45, 7) is 1.51. The molecule has 0 aromatic heterocycles. The van der Waals surface area contributed by atoms with Crippen molar-refractivity contribution >= 4 is 29.5 Å². The molecule has 4 rings (SSSR count). The number of esters is 3. The van der Waals surface area contributed by atoms with Crippen LogP contribution in [0.5, 0.6) is 0 Å². The lowest BCUT2D eigenvalue weighted by molar-refractivity contribution is -0.158. The predicted molar refractivity (Wildman–Crippen MR) is 122 cm³/mol. The summed E-state index contributed by atoms with van der Waals surface area (Å²) in [4.78, 5) is 67.9. The van der Waals surface area contributed by atoms with Gasteiger partial charge in [0.15, 0.2) is 11.6 Å². The van der Waals surface area contributed by atoms with Crippen LogP contribution in [0, 0.1) is 11.2 Å². The van der Waals surface area contributed by atoms with E-state index in [0.29, 0.717) is 0 Å². The standard InChI is InChI=1S/C26H24FNO8/c1-4-36-23(32)20-19(14-8-7-9-15(27)12-14)26(21(30)16-10-5-6-11-17(16)22(26)31)25(28-20,24(33)35-3)13-18(29)34-2/h5-12,19-20,28H,4,13H2,1-3H3/t19-,20+,25+/m1/s1. The van der Waals surface area contributed by atoms with Gasteiger partial charge >= 0.3 is 17.9 Å². The Hall–Kier alpha value is -3.92. The second-order valence-corrected chi connectivity index (χ2v) is 8.57. The molecule has 1 aliphatic carbocycles. The number of hydrogen-bond acceptors (Lipinski definition) is 9. The van der Waals surface area contributed by atoms with Crippen LogP contribution < -0.4 is 5.32 Å². The summed E-state index contributed by atoms with van der Waals surface area (Å²) in [6.07, 6.45) is -0.816. The predicted octanol–water partition coefficient (Wildman–Crippen LogP) is 1.98. The van der Waals surface area contributed by atoms with E-state index in [4.69, 9.17) is 14.2 Å². The molecule has 0 amide bonds. The maximum Gasteiger partial charge on any atom is 0.328 e. The number of Topliss-reactive ketones (excluding diaryl/α,β-unsaturated/α-hetero) is 2. The molecule has 1 heterocycles. The highest BCUT2D eigenvalue weighted by Gasteiger charge is 2.79. The van der Waals surface area contributed by atoms with Crippen molar-refractivity contribution in [1.82, 2.24) is 5.32 Å². The minimum Gasteiger partial charge on any atom is -0.469 e. The lowest BCUT2D eigenvalue weighted by Crippen LogP contribution is -2.65. The Morgan fingerprint density at radius 1 is 0.972 bits per heavy atom. The normalized spacial score (nSPS) is 23.9. The van der Waals surface area contributed by atoms with Crippen molar-refractivity contribution in [3.63, 3.8) is 0 Å². The Balaban J connectivity index is 2.12. The number of hydrogen-bond donors (Lipinski definition) is 1. The Morgan fingerprint density at radius 2 is 1.61 bits per heavy atom. The third kappa shape index (κ3) is 3.35. The van der Waals surface area contributed by atoms with Crippen LogP contribution in [-0.2, 0) is 28.6 Å². The Kier molecular flexibility index (Phi) is 6.48. The van der Waals surface area contributed by atoms with Crippen LogP contribution in [0.4, 0.5) is 4.39 Å². The molecule has 2 aliphatic rings. The molecule has 0 saturated carbocycles. The molecule has 0 bridgehead atoms. The van der Waals surface area contributed by atoms with Gasteiger partial charge in [-0.2, -0.15) is 0 Å². The first-order valence-corrected chi connectivity index (χ1v) is 11.2. The molecular weight excluding hydrogens is 473 g/mol. The molecule has 1 aliphatic heterocycles. The van der Waals surface area contributed by atoms with Gasteiger partial charge in [-0.3, -0.25) is 24.5 Å². The summed E-state index contributed by atoms with van der Waals surface area (Å²) in [6, 6.07) is 9.49. The topological polar surface area (TPSA) is 125 Å². The molecule has 1 fully saturated rings. The molecule has 1 saturated heterocycles. The minimum atomic E-state index is -2.39. The number of halogens is 1. The van der Waals surface area contributed by atoms with Crippen LogP contribution in [0.25, 0.3) is 0 Å². The summed E-state index contributed by atoms with van der Waals surface area (Å²) in [5, 5.41) is 2.79. The molecule has 1 N–H and O–H groups in total. The summed E-state index contributed by atoms with van der Waals surface area (Å²) >= 11 is 0. The van der Waals surface area contributed by atoms with Crippen molar-refractivity contribution in [3.05, 3.63) is 71.0 Å². The molecule has 2 aromatic carbocycles. The third-order valence-corrected chi connectivity index (χ3v) is 6.93. The van der Waals surface area contributed by atoms with E-state index >= 15 is 0 Å². The Bertz CT molecular complexity index is 1240. The van der Waals surface area contributed by atoms with E-state index in [1.54, 1.807) is 19.1 Å². The molecule has 3 atom stereocenters. The summed E-state index contributed by atoms with van der Waals surface area (Å²) < 4.78 is 29.5. The van der Waals surface area contributed by atoms with Gasteiger partial charge in [-0.15, -0.1) is 0 Å². The van der Waals surface area contributed by atoms with Gasteiger partial charge in [0, 0.05) is 17.0 Å². The van der Waals surface area contributed by atoms with Gasteiger partial charge in [0.1, 0.15) is 22.8 Å². The van der Waals surface area contributed by atoms with Gasteiger partial charge in [-0.1, -0.05) is 36.4 Å². The fraction of sp³-hybridized carbons (Fsp3) is 0.346. The monoisotopic (exact) mass is 497 g/mol. The van der Waals surface area contributed by atoms with Crippen LogP contribution in [-0.4, -0.2) is 61.9 Å². The maximum absolute atomic E-state index is 14.4. The van der Waals surface area contributed by atoms with Crippen LogP contribution in [0.1, 0.15) is 45.5 Å². The number of ether oxygens (including phenoxy) is 3. The second kappa shape index (κ2) is 9.27. The zero-order valence-corrected chi connectivity index (χ0v) is 19.8. The minimum absolute atomic E-state index is 0.00774. The van der Waals surface area contributed by atoms with Crippen molar-refractivity contribution in [3.8, 4) is 0 Å². The number of benzene rings is 2. The first-order chi connectivity index (χ1) is 17.2. The molecule has 36 heavy (non-hydrogen) atoms. The Labute approximate surface area is 205 Å². The first kappa shape index (κ1) is 25.2. The molecule has 0 unspecified atom stereocenters. The number of carbonyl (C=O) groups is 5. The average Bonchev–Trinajstić information content (AvgIpc) is 3.30. The highest BCUT2D eigenvalue weighted by atomic mass is 19.1. The van der Waals surface area contributed by atoms with Gasteiger partial charge in [-0.25, -0.2) is 9.18 Å². The lowest BCUT2D eigenvalue weighted by atomic mass is 9.58. The molecule has 10 heteroatoms. The van der Waals surface area contributed by atoms with Gasteiger partial charge in [0.05, 0.1) is 27.2 Å². The van der Waals surface area contributed by atoms with E-state index in [1.807, 2.05) is 0 Å². The van der Waals surface area contributed by atoms with Gasteiger partial charge < -0.3 is 14.2 Å². The van der Waals surface area contributed by atoms with Crippen molar-refractivity contribution in [2.75, 3.05) is 20.8 Å². The van der Waals surface area contributed by atoms with E-state index in [9.17, 15) is 28.4 Å². The van der Waals surface area contributed by atoms with Crippen LogP contribution in [0.15, 0.2) is 48.5 Å². The number of ketones is 2. The van der Waals surface area contributed by atoms with E-state index in [0.717, 1.165) is 26.4 Å². The largest absolute Gasteiger partial charge is 0.469 e. The Morgan fingerprint density at radius 3 is 2.14 bits per heavy atom. The first-order valence-electron chi connectivity index (χ1n) is 11.2. The smallest absolute Gasteiger partial charge is 0.328 e. The van der Waals surface area contributed by atoms with E-state index in [2.05, 4.69) is 5.32 Å². The summed E-state index contributed by atoms with van der Waals surface area (Å²) in [7, 11) is 2.11. The quantitative estimate of drug-likeness (QED) is 0.362. The second-order valence-electron chi connectivity index (χ2n) is 8.57. The highest BCUT2D eigenvalue weighted by Crippen LogP contribution is 2.60. The third-order valence-electron chi connectivity index (χ3n) is 6.93. The number of methoxy groups -OCH3 is 2. The fourth-order valence-electron chi connectivity index (χ4n) is 5.57. The van der Waals surface area contributed by atoms with Gasteiger partial charge in [0.2, 0.25) is 0 Å². The molecule has 0 radical (unpaired) electrons. The average molecular weight is 497 g/mol. The number of carbonyl (C=O) groups excluding carboxylic acids is 5. The van der Waals surface area contributed by atoms with E-state index < -0.39 is 64.6 Å². The van der Waals surface area contributed by atoms with Crippen molar-refractivity contribution < 1.29 is 42.6 Å². The molecule has 9 nitrogen and oxygen atoms in total. The summed E-state index contributed by atoms with van der Waals surface area (Å²) in [5.74, 6) is -6.68. The van der Waals surface area contributed by atoms with Crippen molar-refractivity contribution in [1.29, 1.82) is 0 Å². The summed E-state index contributed by atoms with van der Waals surface area (Å²) in [5.41, 5.74) is -4.65. The number of rotatable bonds is 6. The molecule has 1 spiro atoms. The fourth-order valence-corrected chi connectivity index (χ4v) is 5.57. The van der Waals surface area contributed by atoms with Gasteiger partial charge in [0.25, 0.3) is 0 Å². The van der Waals surface area contributed by atoms with Crippen molar-refractivity contribution in [2.45, 2.75) is 30.8 Å².